The third kappa shape index (κ3) is 4.85. The highest BCUT2D eigenvalue weighted by Gasteiger charge is 2.19. The third-order valence-electron chi connectivity index (χ3n) is 5.23. The van der Waals surface area contributed by atoms with Crippen LogP contribution < -0.4 is 10.3 Å². The number of ketones is 1. The molecule has 0 aliphatic rings. The quantitative estimate of drug-likeness (QED) is 0.534. The summed E-state index contributed by atoms with van der Waals surface area (Å²) in [6.07, 6.45) is -0.0387. The number of benzene rings is 2. The first-order valence-electron chi connectivity index (χ1n) is 10.0. The fraction of sp³-hybridized carbons (Fsp3) is 0.280. The zero-order chi connectivity index (χ0) is 21.8. The Kier molecular flexibility index (Phi) is 6.50. The number of Topliss-reactive ketones (excluding diaryl/α,β-unsaturated/α-hetero) is 1. The number of nitrogens with one attached hydrogen (secondary N) is 1. The van der Waals surface area contributed by atoms with Crippen molar-refractivity contribution in [2.45, 2.75) is 46.6 Å². The number of halogens is 1. The van der Waals surface area contributed by atoms with E-state index in [1.807, 2.05) is 50.2 Å². The maximum atomic E-state index is 14.8. The van der Waals surface area contributed by atoms with Crippen LogP contribution in [0.1, 0.15) is 57.8 Å². The van der Waals surface area contributed by atoms with Crippen molar-refractivity contribution < 1.29 is 13.9 Å². The SMILES string of the molecule is Cc1cc(C)c(CCC(=O)c2cc(F)c([C@H](C)Oc3ccccc3)cc2C)c(=O)[nH]1. The van der Waals surface area contributed by atoms with Gasteiger partial charge in [-0.15, -0.1) is 0 Å². The maximum Gasteiger partial charge on any atom is 0.251 e. The molecule has 3 aromatic rings. The topological polar surface area (TPSA) is 59.2 Å². The number of carbonyl (C=O) groups excluding carboxylic acids is 1. The highest BCUT2D eigenvalue weighted by atomic mass is 19.1. The number of hydrogen-bond donors (Lipinski definition) is 1. The Morgan fingerprint density at radius 2 is 1.77 bits per heavy atom. The lowest BCUT2D eigenvalue weighted by Gasteiger charge is -2.17. The minimum atomic E-state index is -0.496. The van der Waals surface area contributed by atoms with Crippen molar-refractivity contribution in [1.82, 2.24) is 4.98 Å². The second-order valence-electron chi connectivity index (χ2n) is 7.63. The van der Waals surface area contributed by atoms with Crippen LogP contribution in [0.25, 0.3) is 0 Å². The number of aryl methyl sites for hydroxylation is 3. The zero-order valence-corrected chi connectivity index (χ0v) is 17.7. The first-order valence-corrected chi connectivity index (χ1v) is 10.0. The molecule has 1 atom stereocenters. The zero-order valence-electron chi connectivity index (χ0n) is 17.7. The maximum absolute atomic E-state index is 14.8. The molecule has 0 unspecified atom stereocenters. The second kappa shape index (κ2) is 9.08. The molecule has 0 aliphatic heterocycles. The van der Waals surface area contributed by atoms with Crippen molar-refractivity contribution in [2.75, 3.05) is 0 Å². The molecule has 0 amide bonds. The molecular weight excluding hydrogens is 381 g/mol. The molecule has 0 fully saturated rings. The molecule has 0 bridgehead atoms. The van der Waals surface area contributed by atoms with Gasteiger partial charge in [-0.3, -0.25) is 9.59 Å². The van der Waals surface area contributed by atoms with Crippen molar-refractivity contribution in [3.05, 3.63) is 98.2 Å². The summed E-state index contributed by atoms with van der Waals surface area (Å²) in [4.78, 5) is 27.7. The van der Waals surface area contributed by atoms with Gasteiger partial charge in [-0.05, 0) is 75.6 Å². The molecule has 5 heteroatoms. The molecule has 0 spiro atoms. The highest BCUT2D eigenvalue weighted by molar-refractivity contribution is 5.97. The molecule has 4 nitrogen and oxygen atoms in total. The van der Waals surface area contributed by atoms with Crippen LogP contribution in [0.2, 0.25) is 0 Å². The summed E-state index contributed by atoms with van der Waals surface area (Å²) in [5.41, 5.74) is 3.48. The number of H-pyrrole nitrogens is 1. The van der Waals surface area contributed by atoms with Gasteiger partial charge in [0.2, 0.25) is 0 Å². The van der Waals surface area contributed by atoms with E-state index in [9.17, 15) is 14.0 Å². The van der Waals surface area contributed by atoms with E-state index in [1.165, 1.54) is 6.07 Å². The molecule has 0 saturated carbocycles. The molecule has 1 N–H and O–H groups in total. The van der Waals surface area contributed by atoms with Gasteiger partial charge in [0.05, 0.1) is 0 Å². The smallest absolute Gasteiger partial charge is 0.251 e. The Morgan fingerprint density at radius 3 is 2.43 bits per heavy atom. The van der Waals surface area contributed by atoms with Crippen molar-refractivity contribution in [2.24, 2.45) is 0 Å². The average molecular weight is 407 g/mol. The van der Waals surface area contributed by atoms with Crippen LogP contribution in [-0.2, 0) is 6.42 Å². The van der Waals surface area contributed by atoms with E-state index in [0.29, 0.717) is 34.4 Å². The molecule has 3 rings (SSSR count). The summed E-state index contributed by atoms with van der Waals surface area (Å²) in [5, 5.41) is 0. The van der Waals surface area contributed by atoms with Crippen LogP contribution in [0, 0.1) is 26.6 Å². The summed E-state index contributed by atoms with van der Waals surface area (Å²) in [6, 6.07) is 14.0. The van der Waals surface area contributed by atoms with Crippen LogP contribution in [0.5, 0.6) is 5.75 Å². The Bertz CT molecular complexity index is 1120. The van der Waals surface area contributed by atoms with Gasteiger partial charge in [-0.25, -0.2) is 4.39 Å². The van der Waals surface area contributed by atoms with Gasteiger partial charge in [0.1, 0.15) is 17.7 Å². The Morgan fingerprint density at radius 1 is 1.07 bits per heavy atom. The number of pyridine rings is 1. The number of hydrogen-bond acceptors (Lipinski definition) is 3. The van der Waals surface area contributed by atoms with Crippen LogP contribution in [0.15, 0.2) is 53.3 Å². The largest absolute Gasteiger partial charge is 0.486 e. The fourth-order valence-corrected chi connectivity index (χ4v) is 3.65. The third-order valence-corrected chi connectivity index (χ3v) is 5.23. The minimum absolute atomic E-state index is 0.142. The van der Waals surface area contributed by atoms with Crippen molar-refractivity contribution in [3.63, 3.8) is 0 Å². The Hall–Kier alpha value is -3.21. The van der Waals surface area contributed by atoms with E-state index in [4.69, 9.17) is 4.74 Å². The van der Waals surface area contributed by atoms with Gasteiger partial charge in [0.25, 0.3) is 5.56 Å². The first kappa shape index (κ1) is 21.5. The fourth-order valence-electron chi connectivity index (χ4n) is 3.65. The van der Waals surface area contributed by atoms with Gasteiger partial charge in [0.15, 0.2) is 5.78 Å². The molecule has 0 aliphatic carbocycles. The summed E-state index contributed by atoms with van der Waals surface area (Å²) in [5.74, 6) is -0.00778. The van der Waals surface area contributed by atoms with Gasteiger partial charge < -0.3 is 9.72 Å². The predicted octanol–water partition coefficient (Wildman–Crippen LogP) is 5.39. The minimum Gasteiger partial charge on any atom is -0.486 e. The summed E-state index contributed by atoms with van der Waals surface area (Å²) < 4.78 is 20.6. The van der Waals surface area contributed by atoms with Crippen LogP contribution in [0.3, 0.4) is 0 Å². The molecule has 1 aromatic heterocycles. The second-order valence-corrected chi connectivity index (χ2v) is 7.63. The lowest BCUT2D eigenvalue weighted by Crippen LogP contribution is -2.17. The van der Waals surface area contributed by atoms with Crippen LogP contribution in [-0.4, -0.2) is 10.8 Å². The van der Waals surface area contributed by atoms with Crippen LogP contribution in [0.4, 0.5) is 4.39 Å². The van der Waals surface area contributed by atoms with Gasteiger partial charge in [-0.2, -0.15) is 0 Å². The van der Waals surface area contributed by atoms with E-state index >= 15 is 0 Å². The molecule has 0 saturated heterocycles. The van der Waals surface area contributed by atoms with Gasteiger partial charge in [0, 0.05) is 28.8 Å². The van der Waals surface area contributed by atoms with Crippen molar-refractivity contribution in [3.8, 4) is 5.75 Å². The molecule has 0 radical (unpaired) electrons. The van der Waals surface area contributed by atoms with E-state index in [2.05, 4.69) is 4.98 Å². The Balaban J connectivity index is 1.76. The van der Waals surface area contributed by atoms with Gasteiger partial charge >= 0.3 is 0 Å². The monoisotopic (exact) mass is 407 g/mol. The standard InChI is InChI=1S/C25H26FNO3/c1-15-12-17(3)27-25(29)20(15)10-11-24(28)21-14-23(26)22(13-16(21)2)18(4)30-19-8-6-5-7-9-19/h5-9,12-14,18H,10-11H2,1-4H3,(H,27,29)/t18-/m0/s1. The number of aromatic nitrogens is 1. The van der Waals surface area contributed by atoms with E-state index < -0.39 is 11.9 Å². The lowest BCUT2D eigenvalue weighted by molar-refractivity contribution is 0.0981. The average Bonchev–Trinajstić information content (AvgIpc) is 2.69. The number of aromatic amines is 1. The summed E-state index contributed by atoms with van der Waals surface area (Å²) >= 11 is 0. The van der Waals surface area contributed by atoms with Crippen LogP contribution >= 0.6 is 0 Å². The van der Waals surface area contributed by atoms with E-state index in [1.54, 1.807) is 19.9 Å². The molecule has 2 aromatic carbocycles. The molecule has 30 heavy (non-hydrogen) atoms. The summed E-state index contributed by atoms with van der Waals surface area (Å²) in [7, 11) is 0. The molecular formula is C25H26FNO3. The number of para-hydroxylation sites is 1. The number of ether oxygens (including phenoxy) is 1. The molecule has 156 valence electrons. The number of carbonyl (C=O) groups is 1. The molecule has 1 heterocycles. The Labute approximate surface area is 175 Å². The van der Waals surface area contributed by atoms with Crippen molar-refractivity contribution in [1.29, 1.82) is 0 Å². The highest BCUT2D eigenvalue weighted by Crippen LogP contribution is 2.26. The first-order chi connectivity index (χ1) is 14.3. The van der Waals surface area contributed by atoms with Crippen molar-refractivity contribution >= 4 is 5.78 Å². The predicted molar refractivity (Wildman–Crippen MR) is 116 cm³/mol. The normalized spacial score (nSPS) is 11.9. The van der Waals surface area contributed by atoms with E-state index in [-0.39, 0.29) is 17.8 Å². The van der Waals surface area contributed by atoms with Gasteiger partial charge in [-0.1, -0.05) is 18.2 Å². The lowest BCUT2D eigenvalue weighted by atomic mass is 9.95. The summed E-state index contributed by atoms with van der Waals surface area (Å²) in [6.45, 7) is 7.24. The van der Waals surface area contributed by atoms with E-state index in [0.717, 1.165) is 11.3 Å². The number of rotatable bonds is 7.